The number of likely N-dealkylation sites (tertiary alicyclic amines) is 1. The number of aliphatic hydroxyl groups is 2. The van der Waals surface area contributed by atoms with Crippen LogP contribution in [0.2, 0.25) is 0 Å². The van der Waals surface area contributed by atoms with Crippen molar-refractivity contribution < 1.29 is 39.5 Å². The smallest absolute Gasteiger partial charge is 0.336 e. The molecule has 1 fully saturated rings. The lowest BCUT2D eigenvalue weighted by Crippen LogP contribution is -2.46. The fraction of sp³-hybridized carbons (Fsp3) is 0.522. The Morgan fingerprint density at radius 1 is 1.12 bits per heavy atom. The molecule has 2 aromatic rings. The fourth-order valence-corrected chi connectivity index (χ4v) is 3.76. The first-order valence-corrected chi connectivity index (χ1v) is 10.9. The van der Waals surface area contributed by atoms with E-state index in [4.69, 9.17) is 19.7 Å². The number of carboxylic acids is 2. The number of phenolic OH excluding ortho intramolecular Hbond substituents is 1. The topological polar surface area (TPSA) is 172 Å². The fourth-order valence-electron chi connectivity index (χ4n) is 3.76. The average Bonchev–Trinajstić information content (AvgIpc) is 3.03. The van der Waals surface area contributed by atoms with Crippen LogP contribution in [0.4, 0.5) is 0 Å². The van der Waals surface area contributed by atoms with Crippen molar-refractivity contribution >= 4 is 22.9 Å². The van der Waals surface area contributed by atoms with Gasteiger partial charge in [0.25, 0.3) is 0 Å². The molecule has 10 heteroatoms. The Bertz CT molecular complexity index is 1020. The van der Waals surface area contributed by atoms with E-state index in [1.165, 1.54) is 31.7 Å². The molecule has 1 aromatic carbocycles. The Labute approximate surface area is 190 Å². The Morgan fingerprint density at radius 2 is 1.73 bits per heavy atom. The zero-order valence-corrected chi connectivity index (χ0v) is 18.7. The predicted octanol–water partition coefficient (Wildman–Crippen LogP) is 0.288. The number of phenols is 1. The summed E-state index contributed by atoms with van der Waals surface area (Å²) in [5.74, 6) is -3.54. The molecule has 33 heavy (non-hydrogen) atoms. The van der Waals surface area contributed by atoms with Gasteiger partial charge in [-0.25, -0.2) is 9.59 Å². The van der Waals surface area contributed by atoms with E-state index in [0.29, 0.717) is 12.1 Å². The van der Waals surface area contributed by atoms with Crippen LogP contribution >= 0.6 is 0 Å². The quantitative estimate of drug-likeness (QED) is 0.435. The van der Waals surface area contributed by atoms with Crippen molar-refractivity contribution in [1.29, 1.82) is 0 Å². The number of aliphatic carboxylic acids is 2. The summed E-state index contributed by atoms with van der Waals surface area (Å²) in [4.78, 5) is 33.6. The third kappa shape index (κ3) is 6.77. The lowest BCUT2D eigenvalue weighted by molar-refractivity contribution is -0.318. The van der Waals surface area contributed by atoms with Gasteiger partial charge in [-0.1, -0.05) is 19.8 Å². The molecule has 4 N–H and O–H groups in total. The van der Waals surface area contributed by atoms with Gasteiger partial charge in [-0.15, -0.1) is 0 Å². The van der Waals surface area contributed by atoms with Crippen molar-refractivity contribution in [2.24, 2.45) is 0 Å². The van der Waals surface area contributed by atoms with E-state index >= 15 is 0 Å². The van der Waals surface area contributed by atoms with Crippen LogP contribution in [0.25, 0.3) is 11.0 Å². The molecule has 1 aliphatic heterocycles. The molecular weight excluding hydrogens is 434 g/mol. The van der Waals surface area contributed by atoms with Crippen LogP contribution in [0.5, 0.6) is 5.75 Å². The summed E-state index contributed by atoms with van der Waals surface area (Å²) in [6, 6.07) is 3.48. The molecule has 182 valence electrons. The number of carboxylic acid groups (broad SMARTS) is 2. The number of nitrogens with zero attached hydrogens (tertiary/aromatic N) is 1. The van der Waals surface area contributed by atoms with Crippen molar-refractivity contribution in [3.05, 3.63) is 39.2 Å². The number of hydrogen-bond acceptors (Lipinski definition) is 9. The maximum atomic E-state index is 11.8. The first-order chi connectivity index (χ1) is 15.6. The summed E-state index contributed by atoms with van der Waals surface area (Å²) in [6.45, 7) is 6.67. The Hall–Kier alpha value is -2.95. The minimum absolute atomic E-state index is 0.290. The minimum Gasteiger partial charge on any atom is -0.547 e. The second-order valence-corrected chi connectivity index (χ2v) is 8.08. The second-order valence-electron chi connectivity index (χ2n) is 8.08. The zero-order valence-electron chi connectivity index (χ0n) is 18.7. The van der Waals surface area contributed by atoms with Gasteiger partial charge in [-0.2, -0.15) is 0 Å². The average molecular weight is 464 g/mol. The van der Waals surface area contributed by atoms with E-state index in [1.54, 1.807) is 0 Å². The van der Waals surface area contributed by atoms with E-state index in [2.05, 4.69) is 4.90 Å². The molecule has 1 aromatic heterocycles. The van der Waals surface area contributed by atoms with Crippen LogP contribution in [-0.4, -0.2) is 62.6 Å². The molecule has 0 saturated carbocycles. The number of fused-ring (bicyclic) bond motifs is 1. The van der Waals surface area contributed by atoms with E-state index in [1.807, 2.05) is 19.9 Å². The number of hydrogen-bond donors (Lipinski definition) is 4. The van der Waals surface area contributed by atoms with Gasteiger partial charge >= 0.3 is 11.6 Å². The molecule has 0 radical (unpaired) electrons. The number of aromatic hydroxyl groups is 1. The Kier molecular flexibility index (Phi) is 9.39. The van der Waals surface area contributed by atoms with Crippen molar-refractivity contribution in [2.75, 3.05) is 13.1 Å². The van der Waals surface area contributed by atoms with Gasteiger partial charge < -0.3 is 34.7 Å². The number of rotatable bonds is 6. The Morgan fingerprint density at radius 3 is 2.21 bits per heavy atom. The number of aryl methyl sites for hydroxylation is 2. The number of carbonyl (C=O) groups is 2. The van der Waals surface area contributed by atoms with Crippen molar-refractivity contribution in [1.82, 2.24) is 4.90 Å². The van der Waals surface area contributed by atoms with Crippen LogP contribution in [0.3, 0.4) is 0 Å². The van der Waals surface area contributed by atoms with Gasteiger partial charge in [0.05, 0.1) is 11.5 Å². The van der Waals surface area contributed by atoms with Crippen LogP contribution in [0, 0.1) is 6.92 Å². The number of carbonyl (C=O) groups excluding carboxylic acids is 1. The minimum atomic E-state index is -2.38. The van der Waals surface area contributed by atoms with Crippen LogP contribution in [-0.2, 0) is 22.6 Å². The maximum absolute atomic E-state index is 11.8. The highest BCUT2D eigenvalue weighted by Crippen LogP contribution is 2.34. The zero-order chi connectivity index (χ0) is 24.7. The first kappa shape index (κ1) is 26.3. The van der Waals surface area contributed by atoms with Gasteiger partial charge in [0.1, 0.15) is 17.4 Å². The standard InChI is InChI=1S/C19H25NO3.C4H6O6/c1-3-14-11-15-13(2)10-17(21)23-19(15)16(18(14)22)12-20-8-6-4-5-7-9-20;5-1(3(7)8)2(6)4(9)10/h10-11,22H,3-9,12H2,1-2H3;1-2,5-6H,(H,7,8)(H,9,10)/p-1. The molecule has 0 spiro atoms. The molecule has 3 rings (SSSR count). The van der Waals surface area contributed by atoms with E-state index in [0.717, 1.165) is 41.6 Å². The first-order valence-electron chi connectivity index (χ1n) is 10.9. The molecule has 2 heterocycles. The van der Waals surface area contributed by atoms with Crippen molar-refractivity contribution in [3.63, 3.8) is 0 Å². The van der Waals surface area contributed by atoms with Gasteiger partial charge in [0, 0.05) is 18.0 Å². The molecule has 1 saturated heterocycles. The van der Waals surface area contributed by atoms with Gasteiger partial charge in [-0.3, -0.25) is 4.90 Å². The molecule has 1 aliphatic rings. The molecular formula is C23H30NO9-. The molecule has 10 nitrogen and oxygen atoms in total. The lowest BCUT2D eigenvalue weighted by Gasteiger charge is -2.22. The summed E-state index contributed by atoms with van der Waals surface area (Å²) in [5, 5.41) is 45.7. The number of aliphatic hydroxyl groups excluding tert-OH is 2. The summed E-state index contributed by atoms with van der Waals surface area (Å²) in [7, 11) is 0. The Balaban J connectivity index is 0.000000328. The van der Waals surface area contributed by atoms with Gasteiger partial charge in [0.15, 0.2) is 6.10 Å². The largest absolute Gasteiger partial charge is 0.547 e. The normalized spacial score (nSPS) is 16.4. The highest BCUT2D eigenvalue weighted by atomic mass is 16.4. The van der Waals surface area contributed by atoms with Gasteiger partial charge in [-0.05, 0) is 56.5 Å². The van der Waals surface area contributed by atoms with E-state index in [-0.39, 0.29) is 11.4 Å². The molecule has 2 unspecified atom stereocenters. The molecule has 2 atom stereocenters. The molecule has 0 amide bonds. The third-order valence-corrected chi connectivity index (χ3v) is 5.64. The van der Waals surface area contributed by atoms with Crippen LogP contribution in [0.15, 0.2) is 21.3 Å². The van der Waals surface area contributed by atoms with E-state index in [9.17, 15) is 24.6 Å². The van der Waals surface area contributed by atoms with Crippen LogP contribution < -0.4 is 10.7 Å². The van der Waals surface area contributed by atoms with Gasteiger partial charge in [0.2, 0.25) is 0 Å². The van der Waals surface area contributed by atoms with E-state index < -0.39 is 24.1 Å². The highest BCUT2D eigenvalue weighted by molar-refractivity contribution is 5.86. The second kappa shape index (κ2) is 11.8. The summed E-state index contributed by atoms with van der Waals surface area (Å²) in [5.41, 5.74) is 2.79. The predicted molar refractivity (Wildman–Crippen MR) is 117 cm³/mol. The SMILES string of the molecule is CCc1cc2c(C)cc(=O)oc2c(CN2CCCCCC2)c1O.O=C([O-])C(O)C(O)C(=O)O. The molecule has 0 aliphatic carbocycles. The molecule has 0 bridgehead atoms. The third-order valence-electron chi connectivity index (χ3n) is 5.64. The number of benzene rings is 1. The highest BCUT2D eigenvalue weighted by Gasteiger charge is 2.24. The summed E-state index contributed by atoms with van der Waals surface area (Å²) in [6.07, 6.45) is 0.971. The summed E-state index contributed by atoms with van der Waals surface area (Å²) < 4.78 is 5.48. The monoisotopic (exact) mass is 464 g/mol. The van der Waals surface area contributed by atoms with Crippen LogP contribution in [0.1, 0.15) is 49.3 Å². The van der Waals surface area contributed by atoms with Crippen molar-refractivity contribution in [3.8, 4) is 5.75 Å². The van der Waals surface area contributed by atoms with Crippen molar-refractivity contribution in [2.45, 2.75) is 64.7 Å². The lowest BCUT2D eigenvalue weighted by atomic mass is 9.99. The maximum Gasteiger partial charge on any atom is 0.336 e. The summed E-state index contributed by atoms with van der Waals surface area (Å²) >= 11 is 0.